The molecule has 0 bridgehead atoms. The fourth-order valence-corrected chi connectivity index (χ4v) is 2.08. The van der Waals surface area contributed by atoms with Crippen LogP contribution in [0.4, 0.5) is 0 Å². The number of benzene rings is 2. The van der Waals surface area contributed by atoms with Gasteiger partial charge in [0, 0.05) is 12.1 Å². The van der Waals surface area contributed by atoms with Gasteiger partial charge in [0.25, 0.3) is 5.91 Å². The summed E-state index contributed by atoms with van der Waals surface area (Å²) in [5, 5.41) is 2.74. The average molecular weight is 341 g/mol. The molecule has 0 radical (unpaired) electrons. The molecule has 0 fully saturated rings. The van der Waals surface area contributed by atoms with Crippen molar-refractivity contribution in [2.75, 3.05) is 6.54 Å². The summed E-state index contributed by atoms with van der Waals surface area (Å²) in [7, 11) is 0. The maximum Gasteiger partial charge on any atom is 0.310 e. The van der Waals surface area contributed by atoms with Gasteiger partial charge in [-0.2, -0.15) is 0 Å². The number of hydrogen-bond acceptors (Lipinski definition) is 4. The Morgan fingerprint density at radius 1 is 0.920 bits per heavy atom. The standard InChI is InChI=1S/C20H23NO4/c1-14(2)24-20(23)15(3)13-21-19(22)16-9-11-18(12-10-16)25-17-7-5-4-6-8-17/h4-12,14-15H,13H2,1-3H3,(H,21,22)/t15-/m1/s1. The zero-order valence-corrected chi connectivity index (χ0v) is 14.7. The fraction of sp³-hybridized carbons (Fsp3) is 0.300. The summed E-state index contributed by atoms with van der Waals surface area (Å²) in [5.74, 6) is 0.429. The van der Waals surface area contributed by atoms with E-state index in [0.29, 0.717) is 11.3 Å². The minimum absolute atomic E-state index is 0.164. The second-order valence-electron chi connectivity index (χ2n) is 6.04. The van der Waals surface area contributed by atoms with Gasteiger partial charge >= 0.3 is 5.97 Å². The van der Waals surface area contributed by atoms with Crippen LogP contribution in [0.1, 0.15) is 31.1 Å². The third-order valence-electron chi connectivity index (χ3n) is 3.42. The lowest BCUT2D eigenvalue weighted by atomic mass is 10.1. The van der Waals surface area contributed by atoms with Crippen LogP contribution in [-0.2, 0) is 9.53 Å². The van der Waals surface area contributed by atoms with Crippen molar-refractivity contribution in [3.63, 3.8) is 0 Å². The van der Waals surface area contributed by atoms with Crippen molar-refractivity contribution in [3.05, 3.63) is 60.2 Å². The van der Waals surface area contributed by atoms with Crippen molar-refractivity contribution in [2.45, 2.75) is 26.9 Å². The molecular weight excluding hydrogens is 318 g/mol. The molecule has 2 aromatic carbocycles. The number of amides is 1. The number of hydrogen-bond donors (Lipinski definition) is 1. The smallest absolute Gasteiger partial charge is 0.310 e. The Morgan fingerprint density at radius 3 is 2.12 bits per heavy atom. The van der Waals surface area contributed by atoms with Crippen LogP contribution >= 0.6 is 0 Å². The van der Waals surface area contributed by atoms with Gasteiger partial charge in [-0.05, 0) is 50.2 Å². The lowest BCUT2D eigenvalue weighted by molar-refractivity contribution is -0.151. The Morgan fingerprint density at radius 2 is 1.52 bits per heavy atom. The molecule has 1 atom stereocenters. The Kier molecular flexibility index (Phi) is 6.57. The molecule has 5 nitrogen and oxygen atoms in total. The molecule has 0 spiro atoms. The first-order valence-corrected chi connectivity index (χ1v) is 8.27. The Bertz CT molecular complexity index is 695. The maximum absolute atomic E-state index is 12.2. The largest absolute Gasteiger partial charge is 0.463 e. The second kappa shape index (κ2) is 8.87. The van der Waals surface area contributed by atoms with Crippen molar-refractivity contribution in [1.82, 2.24) is 5.32 Å². The summed E-state index contributed by atoms with van der Waals surface area (Å²) >= 11 is 0. The number of carbonyl (C=O) groups excluding carboxylic acids is 2. The average Bonchev–Trinajstić information content (AvgIpc) is 2.60. The first-order valence-electron chi connectivity index (χ1n) is 8.27. The highest BCUT2D eigenvalue weighted by Gasteiger charge is 2.17. The summed E-state index contributed by atoms with van der Waals surface area (Å²) in [5.41, 5.74) is 0.504. The summed E-state index contributed by atoms with van der Waals surface area (Å²) < 4.78 is 10.8. The zero-order chi connectivity index (χ0) is 18.2. The van der Waals surface area contributed by atoms with Gasteiger partial charge in [-0.1, -0.05) is 25.1 Å². The SMILES string of the molecule is CC(C)OC(=O)[C@H](C)CNC(=O)c1ccc(Oc2ccccc2)cc1. The van der Waals surface area contributed by atoms with Crippen molar-refractivity contribution in [2.24, 2.45) is 5.92 Å². The molecule has 0 aliphatic rings. The van der Waals surface area contributed by atoms with Gasteiger partial charge in [-0.3, -0.25) is 9.59 Å². The first-order chi connectivity index (χ1) is 12.0. The number of esters is 1. The predicted molar refractivity (Wildman–Crippen MR) is 95.7 cm³/mol. The Hall–Kier alpha value is -2.82. The molecule has 132 valence electrons. The van der Waals surface area contributed by atoms with Gasteiger partial charge in [0.15, 0.2) is 0 Å². The van der Waals surface area contributed by atoms with Gasteiger partial charge in [0.05, 0.1) is 12.0 Å². The molecule has 2 aromatic rings. The van der Waals surface area contributed by atoms with Crippen LogP contribution in [-0.4, -0.2) is 24.5 Å². The summed E-state index contributed by atoms with van der Waals surface area (Å²) in [6.07, 6.45) is -0.164. The molecule has 0 unspecified atom stereocenters. The summed E-state index contributed by atoms with van der Waals surface area (Å²) in [6.45, 7) is 5.54. The molecule has 1 amide bonds. The quantitative estimate of drug-likeness (QED) is 0.778. The first kappa shape index (κ1) is 18.5. The molecule has 0 aromatic heterocycles. The normalized spacial score (nSPS) is 11.7. The minimum Gasteiger partial charge on any atom is -0.463 e. The Balaban J connectivity index is 1.87. The van der Waals surface area contributed by atoms with E-state index >= 15 is 0 Å². The molecule has 0 aliphatic carbocycles. The zero-order valence-electron chi connectivity index (χ0n) is 14.7. The van der Waals surface area contributed by atoms with Crippen LogP contribution in [0.2, 0.25) is 0 Å². The van der Waals surface area contributed by atoms with E-state index in [1.54, 1.807) is 45.0 Å². The Labute approximate surface area is 148 Å². The van der Waals surface area contributed by atoms with Gasteiger partial charge in [-0.15, -0.1) is 0 Å². The lowest BCUT2D eigenvalue weighted by Gasteiger charge is -2.14. The topological polar surface area (TPSA) is 64.6 Å². The van der Waals surface area contributed by atoms with Crippen molar-refractivity contribution in [1.29, 1.82) is 0 Å². The highest BCUT2D eigenvalue weighted by molar-refractivity contribution is 5.94. The van der Waals surface area contributed by atoms with E-state index in [0.717, 1.165) is 5.75 Å². The minimum atomic E-state index is -0.396. The monoisotopic (exact) mass is 341 g/mol. The molecule has 5 heteroatoms. The summed E-state index contributed by atoms with van der Waals surface area (Å²) in [6, 6.07) is 16.3. The predicted octanol–water partition coefficient (Wildman–Crippen LogP) is 3.80. The van der Waals surface area contributed by atoms with Crippen molar-refractivity contribution in [3.8, 4) is 11.5 Å². The molecule has 0 saturated heterocycles. The van der Waals surface area contributed by atoms with Gasteiger partial charge in [0.1, 0.15) is 11.5 Å². The fourth-order valence-electron chi connectivity index (χ4n) is 2.08. The highest BCUT2D eigenvalue weighted by Crippen LogP contribution is 2.21. The molecule has 25 heavy (non-hydrogen) atoms. The van der Waals surface area contributed by atoms with Crippen LogP contribution < -0.4 is 10.1 Å². The van der Waals surface area contributed by atoms with E-state index in [2.05, 4.69) is 5.32 Å². The van der Waals surface area contributed by atoms with Gasteiger partial charge in [-0.25, -0.2) is 0 Å². The lowest BCUT2D eigenvalue weighted by Crippen LogP contribution is -2.33. The van der Waals surface area contributed by atoms with E-state index in [1.165, 1.54) is 0 Å². The number of para-hydroxylation sites is 1. The van der Waals surface area contributed by atoms with Gasteiger partial charge in [0.2, 0.25) is 0 Å². The molecule has 0 aliphatic heterocycles. The van der Waals surface area contributed by atoms with Gasteiger partial charge < -0.3 is 14.8 Å². The molecule has 0 heterocycles. The van der Waals surface area contributed by atoms with E-state index in [1.807, 2.05) is 30.3 Å². The second-order valence-corrected chi connectivity index (χ2v) is 6.04. The van der Waals surface area contributed by atoms with Crippen LogP contribution in [0.3, 0.4) is 0 Å². The molecule has 2 rings (SSSR count). The number of nitrogens with one attached hydrogen (secondary N) is 1. The number of carbonyl (C=O) groups is 2. The van der Waals surface area contributed by atoms with E-state index < -0.39 is 5.92 Å². The van der Waals surface area contributed by atoms with E-state index in [4.69, 9.17) is 9.47 Å². The van der Waals surface area contributed by atoms with Crippen LogP contribution in [0, 0.1) is 5.92 Å². The molecule has 1 N–H and O–H groups in total. The third-order valence-corrected chi connectivity index (χ3v) is 3.42. The third kappa shape index (κ3) is 5.95. The number of ether oxygens (including phenoxy) is 2. The maximum atomic E-state index is 12.2. The van der Waals surface area contributed by atoms with Crippen LogP contribution in [0.25, 0.3) is 0 Å². The molecule has 0 saturated carbocycles. The van der Waals surface area contributed by atoms with Crippen LogP contribution in [0.5, 0.6) is 11.5 Å². The van der Waals surface area contributed by atoms with Crippen molar-refractivity contribution < 1.29 is 19.1 Å². The van der Waals surface area contributed by atoms with Crippen molar-refractivity contribution >= 4 is 11.9 Å². The van der Waals surface area contributed by atoms with E-state index in [-0.39, 0.29) is 24.5 Å². The number of rotatable bonds is 7. The molecular formula is C20H23NO4. The van der Waals surface area contributed by atoms with E-state index in [9.17, 15) is 9.59 Å². The summed E-state index contributed by atoms with van der Waals surface area (Å²) in [4.78, 5) is 23.9. The highest BCUT2D eigenvalue weighted by atomic mass is 16.5. The van der Waals surface area contributed by atoms with Crippen LogP contribution in [0.15, 0.2) is 54.6 Å².